The Morgan fingerprint density at radius 2 is 2.04 bits per heavy atom. The Kier molecular flexibility index (Phi) is 5.53. The SMILES string of the molecule is CCC(C(=O)CO)[C@@]1(C)CC(O)C2C(CCC3=CC(=O)C=CC32C)C1CC. The third kappa shape index (κ3) is 3.05. The maximum atomic E-state index is 12.5. The summed E-state index contributed by atoms with van der Waals surface area (Å²) in [4.78, 5) is 24.4. The number of hydrogen-bond donors (Lipinski definition) is 2. The zero-order chi connectivity index (χ0) is 20.0. The molecule has 0 aliphatic heterocycles. The molecule has 0 heterocycles. The number of Topliss-reactive ketones (excluding diaryl/α,β-unsaturated/α-hetero) is 1. The van der Waals surface area contributed by atoms with E-state index in [2.05, 4.69) is 20.8 Å². The highest BCUT2D eigenvalue weighted by molar-refractivity contribution is 6.01. The Labute approximate surface area is 162 Å². The number of allylic oxidation sites excluding steroid dienone is 4. The van der Waals surface area contributed by atoms with E-state index >= 15 is 0 Å². The molecule has 0 aromatic carbocycles. The summed E-state index contributed by atoms with van der Waals surface area (Å²) >= 11 is 0. The molecule has 2 N–H and O–H groups in total. The van der Waals surface area contributed by atoms with Gasteiger partial charge in [0.25, 0.3) is 0 Å². The minimum absolute atomic E-state index is 0.0442. The van der Waals surface area contributed by atoms with E-state index in [1.165, 1.54) is 0 Å². The minimum Gasteiger partial charge on any atom is -0.393 e. The van der Waals surface area contributed by atoms with Crippen molar-refractivity contribution in [3.05, 3.63) is 23.8 Å². The number of aliphatic hydroxyl groups is 2. The molecule has 0 radical (unpaired) electrons. The fourth-order valence-corrected chi connectivity index (χ4v) is 7.05. The molecule has 27 heavy (non-hydrogen) atoms. The maximum Gasteiger partial charge on any atom is 0.178 e. The van der Waals surface area contributed by atoms with Gasteiger partial charge >= 0.3 is 0 Å². The van der Waals surface area contributed by atoms with Gasteiger partial charge in [0, 0.05) is 17.3 Å². The second-order valence-corrected chi connectivity index (χ2v) is 9.29. The molecule has 7 atom stereocenters. The van der Waals surface area contributed by atoms with E-state index in [4.69, 9.17) is 0 Å². The number of carbonyl (C=O) groups excluding carboxylic acids is 2. The highest BCUT2D eigenvalue weighted by atomic mass is 16.3. The van der Waals surface area contributed by atoms with Gasteiger partial charge < -0.3 is 10.2 Å². The number of rotatable bonds is 5. The van der Waals surface area contributed by atoms with E-state index in [0.717, 1.165) is 24.8 Å². The Hall–Kier alpha value is -1.26. The molecule has 0 aromatic rings. The molecule has 3 rings (SSSR count). The second-order valence-electron chi connectivity index (χ2n) is 9.29. The topological polar surface area (TPSA) is 74.6 Å². The molecular formula is C23H34O4. The second kappa shape index (κ2) is 7.29. The summed E-state index contributed by atoms with van der Waals surface area (Å²) in [5.74, 6) is 0.412. The first kappa shape index (κ1) is 20.5. The van der Waals surface area contributed by atoms with Crippen molar-refractivity contribution in [2.45, 2.75) is 65.9 Å². The van der Waals surface area contributed by atoms with Crippen LogP contribution in [-0.4, -0.2) is 34.5 Å². The highest BCUT2D eigenvalue weighted by Crippen LogP contribution is 2.63. The van der Waals surface area contributed by atoms with E-state index in [1.54, 1.807) is 12.2 Å². The Morgan fingerprint density at radius 1 is 1.33 bits per heavy atom. The standard InChI is InChI=1S/C23H34O4/c1-5-17-16-8-7-14-11-15(25)9-10-22(14,3)21(16)19(26)12-23(17,4)18(6-2)20(27)13-24/h9-11,16-19,21,24,26H,5-8,12-13H2,1-4H3/t16?,17?,18?,19?,21?,22?,23-/m0/s1. The third-order valence-corrected chi connectivity index (χ3v) is 8.12. The number of fused-ring (bicyclic) bond motifs is 3. The van der Waals surface area contributed by atoms with Crippen molar-refractivity contribution in [2.24, 2.45) is 34.5 Å². The fraction of sp³-hybridized carbons (Fsp3) is 0.739. The molecule has 3 aliphatic rings. The molecule has 0 bridgehead atoms. The van der Waals surface area contributed by atoms with Crippen molar-refractivity contribution in [3.8, 4) is 0 Å². The van der Waals surface area contributed by atoms with Crippen LogP contribution in [0.2, 0.25) is 0 Å². The predicted molar refractivity (Wildman–Crippen MR) is 105 cm³/mol. The van der Waals surface area contributed by atoms with Crippen LogP contribution in [0.4, 0.5) is 0 Å². The summed E-state index contributed by atoms with van der Waals surface area (Å²) in [6.07, 6.45) is 8.94. The van der Waals surface area contributed by atoms with E-state index < -0.39 is 12.7 Å². The van der Waals surface area contributed by atoms with E-state index in [1.807, 2.05) is 13.0 Å². The van der Waals surface area contributed by atoms with Crippen LogP contribution in [0.25, 0.3) is 0 Å². The largest absolute Gasteiger partial charge is 0.393 e. The summed E-state index contributed by atoms with van der Waals surface area (Å²) in [5, 5.41) is 20.8. The first-order valence-corrected chi connectivity index (χ1v) is 10.5. The Morgan fingerprint density at radius 3 is 2.63 bits per heavy atom. The van der Waals surface area contributed by atoms with Crippen LogP contribution in [-0.2, 0) is 9.59 Å². The van der Waals surface area contributed by atoms with Crippen molar-refractivity contribution in [1.82, 2.24) is 0 Å². The molecule has 3 aliphatic carbocycles. The average molecular weight is 375 g/mol. The molecule has 6 unspecified atom stereocenters. The van der Waals surface area contributed by atoms with Crippen LogP contribution in [0.15, 0.2) is 23.8 Å². The lowest BCUT2D eigenvalue weighted by Crippen LogP contribution is -2.58. The normalized spacial score (nSPS) is 42.1. The first-order valence-electron chi connectivity index (χ1n) is 10.5. The van der Waals surface area contributed by atoms with E-state index in [-0.39, 0.29) is 34.2 Å². The van der Waals surface area contributed by atoms with Gasteiger partial charge in [0.15, 0.2) is 11.6 Å². The molecule has 0 saturated heterocycles. The molecule has 4 nitrogen and oxygen atoms in total. The van der Waals surface area contributed by atoms with Crippen LogP contribution in [0.1, 0.15) is 59.8 Å². The van der Waals surface area contributed by atoms with Crippen LogP contribution < -0.4 is 0 Å². The van der Waals surface area contributed by atoms with Crippen molar-refractivity contribution in [1.29, 1.82) is 0 Å². The van der Waals surface area contributed by atoms with Crippen molar-refractivity contribution < 1.29 is 19.8 Å². The van der Waals surface area contributed by atoms with Crippen molar-refractivity contribution in [3.63, 3.8) is 0 Å². The molecule has 2 saturated carbocycles. The van der Waals surface area contributed by atoms with Gasteiger partial charge in [0.05, 0.1) is 6.10 Å². The van der Waals surface area contributed by atoms with Gasteiger partial charge in [-0.15, -0.1) is 0 Å². The van der Waals surface area contributed by atoms with E-state index in [0.29, 0.717) is 24.7 Å². The first-order chi connectivity index (χ1) is 12.7. The lowest BCUT2D eigenvalue weighted by molar-refractivity contribution is -0.154. The Bertz CT molecular complexity index is 678. The van der Waals surface area contributed by atoms with Gasteiger partial charge in [-0.05, 0) is 55.1 Å². The zero-order valence-corrected chi connectivity index (χ0v) is 17.1. The zero-order valence-electron chi connectivity index (χ0n) is 17.1. The molecule has 150 valence electrons. The maximum absolute atomic E-state index is 12.5. The molecule has 0 amide bonds. The summed E-state index contributed by atoms with van der Waals surface area (Å²) in [6.45, 7) is 8.07. The van der Waals surface area contributed by atoms with Crippen LogP contribution >= 0.6 is 0 Å². The fourth-order valence-electron chi connectivity index (χ4n) is 7.05. The quantitative estimate of drug-likeness (QED) is 0.773. The lowest BCUT2D eigenvalue weighted by atomic mass is 9.44. The highest BCUT2D eigenvalue weighted by Gasteiger charge is 2.59. The van der Waals surface area contributed by atoms with Crippen LogP contribution in [0.5, 0.6) is 0 Å². The summed E-state index contributed by atoms with van der Waals surface area (Å²) in [6, 6.07) is 0. The minimum atomic E-state index is -0.519. The summed E-state index contributed by atoms with van der Waals surface area (Å²) in [7, 11) is 0. The van der Waals surface area contributed by atoms with Crippen LogP contribution in [0.3, 0.4) is 0 Å². The monoisotopic (exact) mass is 374 g/mol. The molecular weight excluding hydrogens is 340 g/mol. The number of aliphatic hydroxyl groups excluding tert-OH is 2. The summed E-state index contributed by atoms with van der Waals surface area (Å²) in [5.41, 5.74) is 0.552. The smallest absolute Gasteiger partial charge is 0.178 e. The summed E-state index contributed by atoms with van der Waals surface area (Å²) < 4.78 is 0. The van der Waals surface area contributed by atoms with Crippen LogP contribution in [0, 0.1) is 34.5 Å². The molecule has 0 spiro atoms. The third-order valence-electron chi connectivity index (χ3n) is 8.12. The number of hydrogen-bond acceptors (Lipinski definition) is 4. The van der Waals surface area contributed by atoms with Gasteiger partial charge in [0.2, 0.25) is 0 Å². The number of carbonyl (C=O) groups is 2. The van der Waals surface area contributed by atoms with Crippen molar-refractivity contribution in [2.75, 3.05) is 6.61 Å². The van der Waals surface area contributed by atoms with Gasteiger partial charge in [-0.3, -0.25) is 9.59 Å². The Balaban J connectivity index is 2.02. The van der Waals surface area contributed by atoms with Gasteiger partial charge in [0.1, 0.15) is 6.61 Å². The molecule has 4 heteroatoms. The number of ketones is 2. The molecule has 2 fully saturated rings. The lowest BCUT2D eigenvalue weighted by Gasteiger charge is -2.60. The molecule has 0 aromatic heterocycles. The average Bonchev–Trinajstić information content (AvgIpc) is 2.62. The van der Waals surface area contributed by atoms with Crippen molar-refractivity contribution >= 4 is 11.6 Å². The van der Waals surface area contributed by atoms with Gasteiger partial charge in [-0.2, -0.15) is 0 Å². The van der Waals surface area contributed by atoms with Gasteiger partial charge in [-0.25, -0.2) is 0 Å². The van der Waals surface area contributed by atoms with Gasteiger partial charge in [-0.1, -0.05) is 45.8 Å². The van der Waals surface area contributed by atoms with E-state index in [9.17, 15) is 19.8 Å². The predicted octanol–water partition coefficient (Wildman–Crippen LogP) is 3.47.